The van der Waals surface area contributed by atoms with Crippen molar-refractivity contribution >= 4 is 34.0 Å². The number of hydrogen-bond donors (Lipinski definition) is 0. The molecule has 7 heteroatoms. The van der Waals surface area contributed by atoms with E-state index in [0.29, 0.717) is 27.9 Å². The molecule has 0 aliphatic rings. The number of Topliss-reactive ketones (excluding diaryl/α,β-unsaturated/α-hetero) is 1. The smallest absolute Gasteiger partial charge is 0.339 e. The molecule has 28 heavy (non-hydrogen) atoms. The van der Waals surface area contributed by atoms with Gasteiger partial charge in [-0.1, -0.05) is 25.1 Å². The highest BCUT2D eigenvalue weighted by atomic mass is 32.1. The summed E-state index contributed by atoms with van der Waals surface area (Å²) in [6.07, 6.45) is 0.676. The minimum Gasteiger partial charge on any atom is -0.454 e. The molecule has 0 aliphatic heterocycles. The second-order valence-electron chi connectivity index (χ2n) is 6.36. The van der Waals surface area contributed by atoms with Gasteiger partial charge in [0, 0.05) is 22.2 Å². The van der Waals surface area contributed by atoms with E-state index in [1.54, 1.807) is 12.3 Å². The Balaban J connectivity index is 1.84. The van der Waals surface area contributed by atoms with Gasteiger partial charge in [0.2, 0.25) is 0 Å². The zero-order chi connectivity index (χ0) is 20.3. The lowest BCUT2D eigenvalue weighted by Crippen LogP contribution is -2.21. The van der Waals surface area contributed by atoms with Crippen LogP contribution >= 0.6 is 11.3 Å². The number of carbonyl (C=O) groups excluding carboxylic acids is 2. The fraction of sp³-hybridized carbons (Fsp3) is 0.286. The maximum atomic E-state index is 12.8. The van der Waals surface area contributed by atoms with Gasteiger partial charge in [-0.2, -0.15) is 5.26 Å². The number of ketones is 1. The molecule has 0 fully saturated rings. The molecule has 6 nitrogen and oxygen atoms in total. The lowest BCUT2D eigenvalue weighted by atomic mass is 10.0. The van der Waals surface area contributed by atoms with E-state index in [9.17, 15) is 14.9 Å². The molecule has 0 radical (unpaired) electrons. The van der Waals surface area contributed by atoms with Gasteiger partial charge in [0.25, 0.3) is 0 Å². The van der Waals surface area contributed by atoms with Crippen LogP contribution in [0.2, 0.25) is 0 Å². The summed E-state index contributed by atoms with van der Waals surface area (Å²) >= 11 is 1.25. The van der Waals surface area contributed by atoms with Crippen LogP contribution in [-0.2, 0) is 16.0 Å². The molecule has 142 valence electrons. The lowest BCUT2D eigenvalue weighted by molar-refractivity contribution is -0.122. The monoisotopic (exact) mass is 393 g/mol. The average molecular weight is 393 g/mol. The average Bonchev–Trinajstić information content (AvgIpc) is 3.12. The van der Waals surface area contributed by atoms with Crippen molar-refractivity contribution in [2.24, 2.45) is 0 Å². The molecule has 3 aromatic rings. The van der Waals surface area contributed by atoms with Gasteiger partial charge in [0.15, 0.2) is 18.3 Å². The lowest BCUT2D eigenvalue weighted by Gasteiger charge is -2.13. The molecule has 0 saturated heterocycles. The molecule has 1 unspecified atom stereocenters. The van der Waals surface area contributed by atoms with Gasteiger partial charge in [-0.05, 0) is 31.9 Å². The third kappa shape index (κ3) is 3.78. The number of thiazole rings is 1. The number of aryl methyl sites for hydroxylation is 2. The number of pyridine rings is 1. The number of aromatic nitrogens is 2. The third-order valence-electron chi connectivity index (χ3n) is 4.46. The van der Waals surface area contributed by atoms with Crippen LogP contribution in [0.15, 0.2) is 29.6 Å². The molecular formula is C21H19N3O3S. The maximum Gasteiger partial charge on any atom is 0.339 e. The van der Waals surface area contributed by atoms with Crippen molar-refractivity contribution in [3.8, 4) is 6.07 Å². The van der Waals surface area contributed by atoms with Crippen LogP contribution in [0.1, 0.15) is 45.2 Å². The molecule has 2 heterocycles. The summed E-state index contributed by atoms with van der Waals surface area (Å²) in [5.41, 5.74) is 3.41. The number of hydrogen-bond acceptors (Lipinski definition) is 7. The van der Waals surface area contributed by atoms with E-state index in [4.69, 9.17) is 4.74 Å². The van der Waals surface area contributed by atoms with Crippen molar-refractivity contribution in [3.05, 3.63) is 57.2 Å². The number of para-hydroxylation sites is 1. The van der Waals surface area contributed by atoms with Crippen molar-refractivity contribution in [1.29, 1.82) is 5.26 Å². The summed E-state index contributed by atoms with van der Waals surface area (Å²) < 4.78 is 5.30. The quantitative estimate of drug-likeness (QED) is 0.590. The Hall–Kier alpha value is -3.11. The second-order valence-corrected chi connectivity index (χ2v) is 7.25. The summed E-state index contributed by atoms with van der Waals surface area (Å²) in [6.45, 7) is 5.11. The van der Waals surface area contributed by atoms with Gasteiger partial charge in [0.1, 0.15) is 5.01 Å². The van der Waals surface area contributed by atoms with E-state index in [1.807, 2.05) is 44.2 Å². The summed E-state index contributed by atoms with van der Waals surface area (Å²) in [5, 5.41) is 12.2. The highest BCUT2D eigenvalue weighted by Gasteiger charge is 2.26. The van der Waals surface area contributed by atoms with Crippen LogP contribution in [0.3, 0.4) is 0 Å². The van der Waals surface area contributed by atoms with E-state index in [0.717, 1.165) is 17.0 Å². The SMILES string of the molecule is CCc1nc2ccccc2c(C(=O)OCC(=O)C(C#N)c2nc(C)cs2)c1C. The molecule has 1 atom stereocenters. The summed E-state index contributed by atoms with van der Waals surface area (Å²) in [6, 6.07) is 9.28. The molecule has 0 amide bonds. The highest BCUT2D eigenvalue weighted by molar-refractivity contribution is 7.09. The van der Waals surface area contributed by atoms with Crippen LogP contribution in [0, 0.1) is 25.2 Å². The van der Waals surface area contributed by atoms with Crippen LogP contribution in [0.25, 0.3) is 10.9 Å². The molecular weight excluding hydrogens is 374 g/mol. The molecule has 0 saturated carbocycles. The molecule has 0 spiro atoms. The molecule has 1 aromatic carbocycles. The van der Waals surface area contributed by atoms with E-state index in [-0.39, 0.29) is 0 Å². The van der Waals surface area contributed by atoms with Gasteiger partial charge in [-0.25, -0.2) is 9.78 Å². The standard InChI is InChI=1S/C21H19N3O3S/c1-4-16-13(3)19(14-7-5-6-8-17(14)24-16)21(26)27-10-18(25)15(9-22)20-23-12(2)11-28-20/h5-8,11,15H,4,10H2,1-3H3. The number of rotatable bonds is 6. The normalized spacial score (nSPS) is 11.8. The Kier molecular flexibility index (Phi) is 5.81. The number of nitrogens with zero attached hydrogens (tertiary/aromatic N) is 3. The van der Waals surface area contributed by atoms with Gasteiger partial charge in [-0.3, -0.25) is 9.78 Å². The second kappa shape index (κ2) is 8.28. The van der Waals surface area contributed by atoms with E-state index in [2.05, 4.69) is 9.97 Å². The van der Waals surface area contributed by atoms with E-state index < -0.39 is 24.3 Å². The number of fused-ring (bicyclic) bond motifs is 1. The molecule has 0 aliphatic carbocycles. The van der Waals surface area contributed by atoms with Gasteiger partial charge in [-0.15, -0.1) is 11.3 Å². The number of nitriles is 1. The van der Waals surface area contributed by atoms with Gasteiger partial charge >= 0.3 is 5.97 Å². The van der Waals surface area contributed by atoms with Gasteiger partial charge in [0.05, 0.1) is 17.1 Å². The zero-order valence-electron chi connectivity index (χ0n) is 15.9. The van der Waals surface area contributed by atoms with Crippen LogP contribution in [0.4, 0.5) is 0 Å². The Morgan fingerprint density at radius 3 is 2.64 bits per heavy atom. The van der Waals surface area contributed by atoms with Crippen molar-refractivity contribution in [2.75, 3.05) is 6.61 Å². The number of carbonyl (C=O) groups is 2. The van der Waals surface area contributed by atoms with Crippen LogP contribution < -0.4 is 0 Å². The van der Waals surface area contributed by atoms with Crippen molar-refractivity contribution in [3.63, 3.8) is 0 Å². The Labute approximate surface area is 166 Å². The fourth-order valence-electron chi connectivity index (χ4n) is 3.03. The molecule has 0 N–H and O–H groups in total. The first kappa shape index (κ1) is 19.6. The summed E-state index contributed by atoms with van der Waals surface area (Å²) in [5.74, 6) is -2.11. The van der Waals surface area contributed by atoms with Crippen LogP contribution in [-0.4, -0.2) is 28.3 Å². The number of ether oxygens (including phenoxy) is 1. The van der Waals surface area contributed by atoms with Crippen molar-refractivity contribution < 1.29 is 14.3 Å². The van der Waals surface area contributed by atoms with E-state index >= 15 is 0 Å². The van der Waals surface area contributed by atoms with E-state index in [1.165, 1.54) is 11.3 Å². The predicted octanol–water partition coefficient (Wildman–Crippen LogP) is 3.90. The Bertz CT molecular complexity index is 1100. The predicted molar refractivity (Wildman–Crippen MR) is 106 cm³/mol. The Morgan fingerprint density at radius 2 is 2.00 bits per heavy atom. The summed E-state index contributed by atoms with van der Waals surface area (Å²) in [7, 11) is 0. The van der Waals surface area contributed by atoms with Crippen molar-refractivity contribution in [1.82, 2.24) is 9.97 Å². The number of benzene rings is 1. The summed E-state index contributed by atoms with van der Waals surface area (Å²) in [4.78, 5) is 34.0. The zero-order valence-corrected chi connectivity index (χ0v) is 16.7. The molecule has 3 rings (SSSR count). The number of esters is 1. The van der Waals surface area contributed by atoms with Crippen LogP contribution in [0.5, 0.6) is 0 Å². The Morgan fingerprint density at radius 1 is 1.25 bits per heavy atom. The van der Waals surface area contributed by atoms with Crippen molar-refractivity contribution in [2.45, 2.75) is 33.1 Å². The van der Waals surface area contributed by atoms with Gasteiger partial charge < -0.3 is 4.74 Å². The first-order chi connectivity index (χ1) is 13.5. The molecule has 2 aromatic heterocycles. The maximum absolute atomic E-state index is 12.8. The highest BCUT2D eigenvalue weighted by Crippen LogP contribution is 2.25. The topological polar surface area (TPSA) is 92.9 Å². The first-order valence-electron chi connectivity index (χ1n) is 8.86. The largest absolute Gasteiger partial charge is 0.454 e. The third-order valence-corrected chi connectivity index (χ3v) is 5.48. The minimum absolute atomic E-state index is 0.411. The first-order valence-corrected chi connectivity index (χ1v) is 9.73. The fourth-order valence-corrected chi connectivity index (χ4v) is 3.89. The minimum atomic E-state index is -1.03. The molecule has 0 bridgehead atoms.